The maximum Gasteiger partial charge on any atom is 0.328 e. The van der Waals surface area contributed by atoms with Crippen LogP contribution in [0.1, 0.15) is 17.9 Å². The summed E-state index contributed by atoms with van der Waals surface area (Å²) in [5.74, 6) is -0.432. The third-order valence-electron chi connectivity index (χ3n) is 1.51. The molecule has 0 aliphatic carbocycles. The Morgan fingerprint density at radius 2 is 2.43 bits per heavy atom. The fourth-order valence-corrected chi connectivity index (χ4v) is 1.62. The Bertz CT molecular complexity index is 332. The predicted octanol–water partition coefficient (Wildman–Crippen LogP) is 2.53. The number of hydrogen-bond donors (Lipinski definition) is 0. The molecular formula is C9H9ClINO2. The van der Waals surface area contributed by atoms with E-state index < -0.39 is 11.3 Å². The summed E-state index contributed by atoms with van der Waals surface area (Å²) in [5, 5.41) is -0.767. The van der Waals surface area contributed by atoms with Crippen molar-refractivity contribution in [3.8, 4) is 0 Å². The zero-order valence-electron chi connectivity index (χ0n) is 7.54. The fraction of sp³-hybridized carbons (Fsp3) is 0.333. The molecule has 14 heavy (non-hydrogen) atoms. The third-order valence-corrected chi connectivity index (χ3v) is 2.53. The molecule has 1 aromatic rings. The van der Waals surface area contributed by atoms with E-state index in [0.717, 1.165) is 3.57 Å². The minimum Gasteiger partial charge on any atom is -0.465 e. The van der Waals surface area contributed by atoms with Gasteiger partial charge in [0.1, 0.15) is 0 Å². The van der Waals surface area contributed by atoms with Gasteiger partial charge in [0.2, 0.25) is 0 Å². The van der Waals surface area contributed by atoms with E-state index in [4.69, 9.17) is 16.3 Å². The van der Waals surface area contributed by atoms with Crippen LogP contribution >= 0.6 is 34.2 Å². The van der Waals surface area contributed by atoms with Crippen molar-refractivity contribution in [1.29, 1.82) is 0 Å². The van der Waals surface area contributed by atoms with Gasteiger partial charge in [-0.25, -0.2) is 0 Å². The highest BCUT2D eigenvalue weighted by Crippen LogP contribution is 2.22. The van der Waals surface area contributed by atoms with Crippen LogP contribution in [0.4, 0.5) is 0 Å². The van der Waals surface area contributed by atoms with Crippen molar-refractivity contribution in [3.05, 3.63) is 27.6 Å². The molecule has 0 spiro atoms. The Kier molecular flexibility index (Phi) is 4.60. The van der Waals surface area contributed by atoms with Gasteiger partial charge in [-0.2, -0.15) is 0 Å². The van der Waals surface area contributed by atoms with Crippen LogP contribution in [-0.2, 0) is 9.53 Å². The summed E-state index contributed by atoms with van der Waals surface area (Å²) in [4.78, 5) is 15.2. The molecular weight excluding hydrogens is 316 g/mol. The molecule has 0 saturated heterocycles. The first-order valence-corrected chi connectivity index (χ1v) is 5.57. The van der Waals surface area contributed by atoms with Crippen molar-refractivity contribution in [3.63, 3.8) is 0 Å². The number of carbonyl (C=O) groups excluding carboxylic acids is 1. The quantitative estimate of drug-likeness (QED) is 0.487. The first-order valence-electron chi connectivity index (χ1n) is 4.06. The van der Waals surface area contributed by atoms with Gasteiger partial charge in [-0.1, -0.05) is 0 Å². The van der Waals surface area contributed by atoms with Crippen LogP contribution in [0.15, 0.2) is 18.5 Å². The summed E-state index contributed by atoms with van der Waals surface area (Å²) in [6.07, 6.45) is 3.26. The number of rotatable bonds is 3. The lowest BCUT2D eigenvalue weighted by molar-refractivity contribution is -0.142. The van der Waals surface area contributed by atoms with Gasteiger partial charge in [0, 0.05) is 21.5 Å². The number of halogens is 2. The predicted molar refractivity (Wildman–Crippen MR) is 62.2 cm³/mol. The van der Waals surface area contributed by atoms with Crippen LogP contribution in [0, 0.1) is 3.57 Å². The molecule has 0 bridgehead atoms. The molecule has 1 atom stereocenters. The maximum atomic E-state index is 11.3. The van der Waals surface area contributed by atoms with E-state index in [0.29, 0.717) is 12.2 Å². The van der Waals surface area contributed by atoms with Gasteiger partial charge in [0.05, 0.1) is 6.61 Å². The zero-order valence-corrected chi connectivity index (χ0v) is 10.4. The number of carbonyl (C=O) groups is 1. The van der Waals surface area contributed by atoms with Crippen LogP contribution in [0.5, 0.6) is 0 Å². The van der Waals surface area contributed by atoms with Gasteiger partial charge >= 0.3 is 5.97 Å². The molecule has 1 aromatic heterocycles. The molecule has 0 aliphatic heterocycles. The van der Waals surface area contributed by atoms with Gasteiger partial charge in [-0.3, -0.25) is 9.78 Å². The number of hydrogen-bond acceptors (Lipinski definition) is 3. The fourth-order valence-electron chi connectivity index (χ4n) is 0.918. The third kappa shape index (κ3) is 3.09. The minimum absolute atomic E-state index is 0.333. The van der Waals surface area contributed by atoms with E-state index in [2.05, 4.69) is 27.6 Å². The highest BCUT2D eigenvalue weighted by atomic mass is 127. The molecule has 0 radical (unpaired) electrons. The second kappa shape index (κ2) is 5.50. The lowest BCUT2D eigenvalue weighted by Crippen LogP contribution is -2.11. The second-order valence-corrected chi connectivity index (χ2v) is 4.23. The van der Waals surface area contributed by atoms with Crippen LogP contribution in [0.2, 0.25) is 0 Å². The summed E-state index contributed by atoms with van der Waals surface area (Å²) in [7, 11) is 0. The standard InChI is InChI=1S/C9H9ClINO2/c1-2-14-9(13)8(10)6-3-7(11)5-12-4-6/h3-5,8H,2H2,1H3/t8-/m0/s1. The number of ether oxygens (including phenoxy) is 1. The van der Waals surface area contributed by atoms with Crippen molar-refractivity contribution < 1.29 is 9.53 Å². The zero-order chi connectivity index (χ0) is 10.6. The molecule has 1 rings (SSSR count). The SMILES string of the molecule is CCOC(=O)[C@@H](Cl)c1cncc(I)c1. The summed E-state index contributed by atoms with van der Waals surface area (Å²) in [6.45, 7) is 2.08. The smallest absolute Gasteiger partial charge is 0.328 e. The maximum absolute atomic E-state index is 11.3. The molecule has 0 unspecified atom stereocenters. The Morgan fingerprint density at radius 1 is 1.71 bits per heavy atom. The Morgan fingerprint density at radius 3 is 3.00 bits per heavy atom. The Balaban J connectivity index is 2.78. The molecule has 5 heteroatoms. The lowest BCUT2D eigenvalue weighted by Gasteiger charge is -2.08. The average Bonchev–Trinajstić information content (AvgIpc) is 2.17. The number of esters is 1. The lowest BCUT2D eigenvalue weighted by atomic mass is 10.2. The van der Waals surface area contributed by atoms with Crippen molar-refractivity contribution in [2.24, 2.45) is 0 Å². The van der Waals surface area contributed by atoms with Gasteiger partial charge in [-0.15, -0.1) is 11.6 Å². The Labute approximate surface area is 101 Å². The van der Waals surface area contributed by atoms with E-state index in [1.807, 2.05) is 6.07 Å². The number of nitrogens with zero attached hydrogens (tertiary/aromatic N) is 1. The van der Waals surface area contributed by atoms with Crippen molar-refractivity contribution in [2.45, 2.75) is 12.3 Å². The van der Waals surface area contributed by atoms with Gasteiger partial charge in [-0.05, 0) is 35.6 Å². The molecule has 0 amide bonds. The largest absolute Gasteiger partial charge is 0.465 e. The van der Waals surface area contributed by atoms with E-state index in [1.54, 1.807) is 19.3 Å². The first kappa shape index (κ1) is 11.7. The van der Waals surface area contributed by atoms with Gasteiger partial charge in [0.15, 0.2) is 5.38 Å². The number of aromatic nitrogens is 1. The summed E-state index contributed by atoms with van der Waals surface area (Å²) < 4.78 is 5.74. The van der Waals surface area contributed by atoms with Crippen LogP contribution in [0.25, 0.3) is 0 Å². The minimum atomic E-state index is -0.767. The van der Waals surface area contributed by atoms with E-state index >= 15 is 0 Å². The topological polar surface area (TPSA) is 39.2 Å². The van der Waals surface area contributed by atoms with Gasteiger partial charge in [0.25, 0.3) is 0 Å². The summed E-state index contributed by atoms with van der Waals surface area (Å²) >= 11 is 8.00. The number of alkyl halides is 1. The van der Waals surface area contributed by atoms with Crippen LogP contribution in [-0.4, -0.2) is 17.6 Å². The molecule has 0 fully saturated rings. The van der Waals surface area contributed by atoms with E-state index in [9.17, 15) is 4.79 Å². The number of pyridine rings is 1. The first-order chi connectivity index (χ1) is 6.65. The highest BCUT2D eigenvalue weighted by molar-refractivity contribution is 14.1. The normalized spacial score (nSPS) is 12.2. The van der Waals surface area contributed by atoms with Crippen molar-refractivity contribution in [2.75, 3.05) is 6.61 Å². The van der Waals surface area contributed by atoms with E-state index in [-0.39, 0.29) is 0 Å². The van der Waals surface area contributed by atoms with E-state index in [1.165, 1.54) is 0 Å². The van der Waals surface area contributed by atoms with Crippen molar-refractivity contribution >= 4 is 40.2 Å². The molecule has 0 aromatic carbocycles. The van der Waals surface area contributed by atoms with Gasteiger partial charge < -0.3 is 4.74 Å². The molecule has 76 valence electrons. The molecule has 3 nitrogen and oxygen atoms in total. The second-order valence-electron chi connectivity index (χ2n) is 2.55. The average molecular weight is 326 g/mol. The summed E-state index contributed by atoms with van der Waals surface area (Å²) in [5.41, 5.74) is 0.664. The Hall–Kier alpha value is -0.360. The molecule has 0 aliphatic rings. The van der Waals surface area contributed by atoms with Crippen LogP contribution < -0.4 is 0 Å². The monoisotopic (exact) mass is 325 g/mol. The van der Waals surface area contributed by atoms with Crippen LogP contribution in [0.3, 0.4) is 0 Å². The highest BCUT2D eigenvalue weighted by Gasteiger charge is 2.19. The van der Waals surface area contributed by atoms with Crippen molar-refractivity contribution in [1.82, 2.24) is 4.98 Å². The molecule has 1 heterocycles. The molecule has 0 N–H and O–H groups in total. The molecule has 0 saturated carbocycles. The summed E-state index contributed by atoms with van der Waals surface area (Å²) in [6, 6.07) is 1.81.